The predicted molar refractivity (Wildman–Crippen MR) is 136 cm³/mol. The number of allylic oxidation sites excluding steroid dienone is 4. The molecule has 2 saturated carbocycles. The van der Waals surface area contributed by atoms with Gasteiger partial charge >= 0.3 is 0 Å². The van der Waals surface area contributed by atoms with Crippen LogP contribution in [0, 0.1) is 47.3 Å². The molecule has 8 atom stereocenters. The number of anilines is 2. The van der Waals surface area contributed by atoms with Crippen molar-refractivity contribution in [3.05, 3.63) is 84.0 Å². The first kappa shape index (κ1) is 18.9. The lowest BCUT2D eigenvalue weighted by atomic mass is 9.86. The van der Waals surface area contributed by atoms with Gasteiger partial charge in [0.1, 0.15) is 0 Å². The van der Waals surface area contributed by atoms with Gasteiger partial charge in [-0.05, 0) is 102 Å². The van der Waals surface area contributed by atoms with E-state index in [4.69, 9.17) is 0 Å². The molecule has 2 aromatic carbocycles. The molecule has 2 aromatic rings. The lowest BCUT2D eigenvalue weighted by molar-refractivity contribution is 0.395. The molecule has 0 aromatic heterocycles. The zero-order valence-electron chi connectivity index (χ0n) is 19.4. The lowest BCUT2D eigenvalue weighted by Crippen LogP contribution is -2.22. The van der Waals surface area contributed by atoms with Crippen LogP contribution in [0.1, 0.15) is 24.0 Å². The van der Waals surface area contributed by atoms with E-state index in [2.05, 4.69) is 82.6 Å². The highest BCUT2D eigenvalue weighted by atomic mass is 15.2. The summed E-state index contributed by atoms with van der Waals surface area (Å²) in [4.78, 5) is 5.29. The molecule has 8 rings (SSSR count). The van der Waals surface area contributed by atoms with Crippen LogP contribution in [0.25, 0.3) is 0 Å². The van der Waals surface area contributed by atoms with E-state index < -0.39 is 0 Å². The van der Waals surface area contributed by atoms with Gasteiger partial charge in [-0.3, -0.25) is 0 Å². The van der Waals surface area contributed by atoms with Crippen molar-refractivity contribution in [3.8, 4) is 0 Å². The molecule has 0 N–H and O–H groups in total. The van der Waals surface area contributed by atoms with E-state index in [1.54, 1.807) is 0 Å². The maximum Gasteiger partial charge on any atom is 0.0366 e. The van der Waals surface area contributed by atoms with Crippen molar-refractivity contribution in [2.75, 3.05) is 36.0 Å². The Morgan fingerprint density at radius 2 is 0.818 bits per heavy atom. The van der Waals surface area contributed by atoms with Gasteiger partial charge < -0.3 is 9.80 Å². The third-order valence-electron chi connectivity index (χ3n) is 10.3. The first-order valence-electron chi connectivity index (χ1n) is 13.3. The highest BCUT2D eigenvalue weighted by molar-refractivity contribution is 5.52. The molecule has 4 aliphatic carbocycles. The molecule has 0 amide bonds. The highest BCUT2D eigenvalue weighted by Gasteiger charge is 2.50. The number of fused-ring (bicyclic) bond motifs is 10. The third-order valence-corrected chi connectivity index (χ3v) is 10.3. The van der Waals surface area contributed by atoms with Crippen LogP contribution in [0.4, 0.5) is 11.4 Å². The first-order valence-corrected chi connectivity index (χ1v) is 13.3. The smallest absolute Gasteiger partial charge is 0.0366 e. The van der Waals surface area contributed by atoms with Crippen LogP contribution in [0.15, 0.2) is 72.8 Å². The summed E-state index contributed by atoms with van der Waals surface area (Å²) in [7, 11) is 0. The van der Waals surface area contributed by atoms with Gasteiger partial charge in [-0.25, -0.2) is 0 Å². The second-order valence-corrected chi connectivity index (χ2v) is 11.9. The predicted octanol–water partition coefficient (Wildman–Crippen LogP) is 5.79. The van der Waals surface area contributed by atoms with Gasteiger partial charge in [-0.1, -0.05) is 48.6 Å². The lowest BCUT2D eigenvalue weighted by Gasteiger charge is -2.21. The van der Waals surface area contributed by atoms with E-state index in [-0.39, 0.29) is 0 Å². The van der Waals surface area contributed by atoms with Crippen LogP contribution in [0.3, 0.4) is 0 Å². The van der Waals surface area contributed by atoms with Gasteiger partial charge in [0.2, 0.25) is 0 Å². The Hall–Kier alpha value is -2.48. The van der Waals surface area contributed by atoms with Crippen LogP contribution in [-0.2, 0) is 6.42 Å². The van der Waals surface area contributed by atoms with Gasteiger partial charge in [-0.15, -0.1) is 0 Å². The summed E-state index contributed by atoms with van der Waals surface area (Å²) in [6.45, 7) is 5.03. The molecular formula is C31H34N2. The Balaban J connectivity index is 0.914. The quantitative estimate of drug-likeness (QED) is 0.562. The summed E-state index contributed by atoms with van der Waals surface area (Å²) in [6.07, 6.45) is 13.9. The number of nitrogens with zero attached hydrogens (tertiary/aromatic N) is 2. The van der Waals surface area contributed by atoms with Crippen LogP contribution in [0.2, 0.25) is 0 Å². The van der Waals surface area contributed by atoms with Crippen molar-refractivity contribution < 1.29 is 0 Å². The van der Waals surface area contributed by atoms with Crippen molar-refractivity contribution in [1.29, 1.82) is 0 Å². The van der Waals surface area contributed by atoms with E-state index in [9.17, 15) is 0 Å². The Kier molecular flexibility index (Phi) is 4.01. The molecule has 4 bridgehead atoms. The Morgan fingerprint density at radius 1 is 0.485 bits per heavy atom. The van der Waals surface area contributed by atoms with E-state index >= 15 is 0 Å². The summed E-state index contributed by atoms with van der Waals surface area (Å²) >= 11 is 0. The molecule has 4 fully saturated rings. The summed E-state index contributed by atoms with van der Waals surface area (Å²) in [5.41, 5.74) is 5.69. The minimum absolute atomic E-state index is 0.860. The zero-order chi connectivity index (χ0) is 21.5. The second kappa shape index (κ2) is 7.01. The van der Waals surface area contributed by atoms with E-state index in [0.717, 1.165) is 53.8 Å². The first-order chi connectivity index (χ1) is 16.3. The van der Waals surface area contributed by atoms with Gasteiger partial charge in [0.05, 0.1) is 0 Å². The maximum absolute atomic E-state index is 2.65. The molecule has 33 heavy (non-hydrogen) atoms. The minimum atomic E-state index is 0.860. The molecule has 0 unspecified atom stereocenters. The summed E-state index contributed by atoms with van der Waals surface area (Å²) in [5, 5.41) is 0. The summed E-state index contributed by atoms with van der Waals surface area (Å²) in [6, 6.07) is 18.9. The fourth-order valence-electron chi connectivity index (χ4n) is 8.61. The monoisotopic (exact) mass is 434 g/mol. The fraction of sp³-hybridized carbons (Fsp3) is 0.484. The van der Waals surface area contributed by atoms with E-state index in [1.807, 2.05) is 0 Å². The summed E-state index contributed by atoms with van der Waals surface area (Å²) in [5.74, 6) is 7.05. The Labute approximate surface area is 198 Å². The maximum atomic E-state index is 2.65. The SMILES string of the molecule is C1=C[C@H]2C[C@@H]1[C@H]1CN(c3ccc(Cc4ccc(N5C[C@@H]6[C@H](C5)[C@@H]5C=C[C@H]6C5)cc4)cc3)C[C@H]12. The molecule has 2 saturated heterocycles. The van der Waals surface area contributed by atoms with Crippen LogP contribution in [0.5, 0.6) is 0 Å². The Bertz CT molecular complexity index is 983. The minimum Gasteiger partial charge on any atom is -0.371 e. The molecule has 2 nitrogen and oxygen atoms in total. The number of hydrogen-bond acceptors (Lipinski definition) is 2. The molecule has 2 heteroatoms. The van der Waals surface area contributed by atoms with E-state index in [0.29, 0.717) is 0 Å². The van der Waals surface area contributed by atoms with Crippen molar-refractivity contribution in [2.24, 2.45) is 47.3 Å². The zero-order valence-corrected chi connectivity index (χ0v) is 19.4. The molecule has 2 aliphatic heterocycles. The normalized spacial score (nSPS) is 39.2. The second-order valence-electron chi connectivity index (χ2n) is 11.9. The number of benzene rings is 2. The fourth-order valence-corrected chi connectivity index (χ4v) is 8.61. The van der Waals surface area contributed by atoms with Crippen molar-refractivity contribution in [2.45, 2.75) is 19.3 Å². The van der Waals surface area contributed by atoms with Gasteiger partial charge in [0.25, 0.3) is 0 Å². The highest BCUT2D eigenvalue weighted by Crippen LogP contribution is 2.53. The Morgan fingerprint density at radius 3 is 1.15 bits per heavy atom. The molecule has 0 radical (unpaired) electrons. The number of rotatable bonds is 4. The van der Waals surface area contributed by atoms with Gasteiger partial charge in [-0.2, -0.15) is 0 Å². The standard InChI is InChI=1S/C31H34N2/c1-9-26(32-16-28-22-5-6-23(14-22)29(28)17-32)10-2-20(1)13-21-3-11-27(12-4-21)33-18-30-24-7-8-25(15-24)31(30)19-33/h1-12,22-25,28-31H,13-19H2/t22-,23+,24-,25+,28-,29+,30-,31+. The van der Waals surface area contributed by atoms with Gasteiger partial charge in [0.15, 0.2) is 0 Å². The summed E-state index contributed by atoms with van der Waals surface area (Å²) < 4.78 is 0. The topological polar surface area (TPSA) is 6.48 Å². The average molecular weight is 435 g/mol. The van der Waals surface area contributed by atoms with Crippen LogP contribution < -0.4 is 9.80 Å². The van der Waals surface area contributed by atoms with Crippen LogP contribution >= 0.6 is 0 Å². The third kappa shape index (κ3) is 2.92. The van der Waals surface area contributed by atoms with Crippen molar-refractivity contribution in [1.82, 2.24) is 0 Å². The van der Waals surface area contributed by atoms with Gasteiger partial charge in [0, 0.05) is 37.6 Å². The average Bonchev–Trinajstić information content (AvgIpc) is 3.66. The molecule has 6 aliphatic rings. The van der Waals surface area contributed by atoms with E-state index in [1.165, 1.54) is 61.5 Å². The number of hydrogen-bond donors (Lipinski definition) is 0. The van der Waals surface area contributed by atoms with Crippen molar-refractivity contribution >= 4 is 11.4 Å². The van der Waals surface area contributed by atoms with Crippen molar-refractivity contribution in [3.63, 3.8) is 0 Å². The molecule has 0 spiro atoms. The molecule has 2 heterocycles. The van der Waals surface area contributed by atoms with Crippen LogP contribution in [-0.4, -0.2) is 26.2 Å². The molecular weight excluding hydrogens is 400 g/mol. The molecule has 168 valence electrons. The largest absolute Gasteiger partial charge is 0.371 e.